The normalized spacial score (nSPS) is 39.4. The van der Waals surface area contributed by atoms with E-state index in [2.05, 4.69) is 30.1 Å². The van der Waals surface area contributed by atoms with E-state index >= 15 is 0 Å². The summed E-state index contributed by atoms with van der Waals surface area (Å²) in [6, 6.07) is 4.02. The fraction of sp³-hybridized carbons (Fsp3) is 0.774. The molecule has 7 heteroatoms. The molecule has 2 aliphatic heterocycles. The zero-order chi connectivity index (χ0) is 26.4. The number of nitrogens with two attached hydrogens (primary N) is 1. The van der Waals surface area contributed by atoms with Crippen LogP contribution in [0.4, 0.5) is 0 Å². The van der Waals surface area contributed by atoms with Gasteiger partial charge in [-0.05, 0) is 86.8 Å². The molecule has 3 unspecified atom stereocenters. The summed E-state index contributed by atoms with van der Waals surface area (Å²) in [6.45, 7) is 7.69. The van der Waals surface area contributed by atoms with Crippen LogP contribution in [0.25, 0.3) is 0 Å². The number of ether oxygens (including phenoxy) is 2. The van der Waals surface area contributed by atoms with Crippen molar-refractivity contribution in [2.24, 2.45) is 34.8 Å². The van der Waals surface area contributed by atoms with Crippen LogP contribution < -0.4 is 15.8 Å². The van der Waals surface area contributed by atoms with Crippen molar-refractivity contribution in [1.82, 2.24) is 10.2 Å². The number of nitrogens with zero attached hydrogens (tertiary/aromatic N) is 1. The minimum atomic E-state index is -0.475. The molecule has 8 rings (SSSR count). The second kappa shape index (κ2) is 8.58. The van der Waals surface area contributed by atoms with E-state index < -0.39 is 6.04 Å². The topological polar surface area (TPSA) is 97.0 Å². The number of hydrogen-bond donors (Lipinski definition) is 3. The maximum Gasteiger partial charge on any atom is 0.236 e. The Bertz CT molecular complexity index is 1140. The molecular weight excluding hydrogens is 478 g/mol. The van der Waals surface area contributed by atoms with Gasteiger partial charge >= 0.3 is 0 Å². The van der Waals surface area contributed by atoms with E-state index in [1.165, 1.54) is 30.5 Å². The summed E-state index contributed by atoms with van der Waals surface area (Å²) in [7, 11) is 1.87. The van der Waals surface area contributed by atoms with Crippen molar-refractivity contribution >= 4 is 5.91 Å². The molecule has 2 spiro atoms. The lowest BCUT2D eigenvalue weighted by molar-refractivity contribution is -0.283. The summed E-state index contributed by atoms with van der Waals surface area (Å²) < 4.78 is 13.1. The molecule has 1 aromatic carbocycles. The molecule has 4 bridgehead atoms. The van der Waals surface area contributed by atoms with Crippen LogP contribution >= 0.6 is 0 Å². The predicted molar refractivity (Wildman–Crippen MR) is 145 cm³/mol. The minimum absolute atomic E-state index is 0.0461. The molecule has 1 aromatic rings. The lowest BCUT2D eigenvalue weighted by Gasteiger charge is -2.77. The summed E-state index contributed by atoms with van der Waals surface area (Å²) in [5, 5.41) is 14.2. The van der Waals surface area contributed by atoms with Gasteiger partial charge in [-0.1, -0.05) is 19.9 Å². The van der Waals surface area contributed by atoms with E-state index in [1.54, 1.807) is 0 Å². The highest BCUT2D eigenvalue weighted by Crippen LogP contribution is 2.76. The van der Waals surface area contributed by atoms with Crippen LogP contribution in [0, 0.1) is 29.1 Å². The first kappa shape index (κ1) is 25.2. The molecule has 0 radical (unpaired) electrons. The maximum absolute atomic E-state index is 13.0. The van der Waals surface area contributed by atoms with Gasteiger partial charge < -0.3 is 25.6 Å². The number of amides is 1. The number of hydrogen-bond acceptors (Lipinski definition) is 6. The molecule has 38 heavy (non-hydrogen) atoms. The van der Waals surface area contributed by atoms with Gasteiger partial charge in [-0.3, -0.25) is 9.69 Å². The number of rotatable bonds is 8. The van der Waals surface area contributed by atoms with Crippen LogP contribution in [-0.4, -0.2) is 66.9 Å². The third kappa shape index (κ3) is 3.21. The Labute approximate surface area is 226 Å². The van der Waals surface area contributed by atoms with Crippen LogP contribution in [0.2, 0.25) is 0 Å². The van der Waals surface area contributed by atoms with Gasteiger partial charge in [0.1, 0.15) is 0 Å². The molecule has 7 nitrogen and oxygen atoms in total. The van der Waals surface area contributed by atoms with E-state index in [9.17, 15) is 9.90 Å². The first-order valence-corrected chi connectivity index (χ1v) is 15.1. The highest BCUT2D eigenvalue weighted by atomic mass is 16.5. The first-order valence-electron chi connectivity index (χ1n) is 15.1. The van der Waals surface area contributed by atoms with Crippen molar-refractivity contribution in [3.05, 3.63) is 23.3 Å². The number of phenols is 1. The lowest BCUT2D eigenvalue weighted by atomic mass is 9.31. The number of carbonyl (C=O) groups excluding carboxylic acids is 1. The van der Waals surface area contributed by atoms with Crippen LogP contribution in [0.3, 0.4) is 0 Å². The number of fused-ring (bicyclic) bond motifs is 2. The smallest absolute Gasteiger partial charge is 0.236 e. The summed E-state index contributed by atoms with van der Waals surface area (Å²) in [5.41, 5.74) is 8.59. The predicted octanol–water partition coefficient (Wildman–Crippen LogP) is 3.35. The van der Waals surface area contributed by atoms with Crippen molar-refractivity contribution < 1.29 is 19.4 Å². The fourth-order valence-electron chi connectivity index (χ4n) is 10.2. The van der Waals surface area contributed by atoms with Gasteiger partial charge in [0.15, 0.2) is 11.5 Å². The largest absolute Gasteiger partial charge is 0.504 e. The Hall–Kier alpha value is -1.83. The summed E-state index contributed by atoms with van der Waals surface area (Å²) >= 11 is 0. The van der Waals surface area contributed by atoms with E-state index in [0.717, 1.165) is 50.3 Å². The molecule has 208 valence electrons. The van der Waals surface area contributed by atoms with Gasteiger partial charge in [0.25, 0.3) is 0 Å². The van der Waals surface area contributed by atoms with Crippen molar-refractivity contribution in [3.63, 3.8) is 0 Å². The monoisotopic (exact) mass is 523 g/mol. The molecule has 4 N–H and O–H groups in total. The Morgan fingerprint density at radius 3 is 2.84 bits per heavy atom. The third-order valence-corrected chi connectivity index (χ3v) is 11.8. The summed E-state index contributed by atoms with van der Waals surface area (Å²) in [4.78, 5) is 15.8. The number of nitrogens with one attached hydrogen (secondary N) is 1. The highest BCUT2D eigenvalue weighted by Gasteiger charge is 2.78. The molecule has 7 atom stereocenters. The van der Waals surface area contributed by atoms with E-state index in [0.29, 0.717) is 31.5 Å². The van der Waals surface area contributed by atoms with Gasteiger partial charge in [0.2, 0.25) is 5.91 Å². The molecule has 5 fully saturated rings. The van der Waals surface area contributed by atoms with E-state index in [1.807, 2.05) is 13.2 Å². The Morgan fingerprint density at radius 2 is 2.11 bits per heavy atom. The third-order valence-electron chi connectivity index (χ3n) is 11.8. The Kier molecular flexibility index (Phi) is 5.68. The van der Waals surface area contributed by atoms with Gasteiger partial charge in [-0.15, -0.1) is 0 Å². The zero-order valence-corrected chi connectivity index (χ0v) is 23.3. The summed E-state index contributed by atoms with van der Waals surface area (Å²) in [5.74, 6) is 2.61. The Morgan fingerprint density at radius 1 is 1.29 bits per heavy atom. The minimum Gasteiger partial charge on any atom is -0.504 e. The first-order chi connectivity index (χ1) is 18.3. The van der Waals surface area contributed by atoms with Crippen molar-refractivity contribution in [1.29, 1.82) is 0 Å². The van der Waals surface area contributed by atoms with Crippen molar-refractivity contribution in [3.8, 4) is 11.5 Å². The molecule has 1 saturated heterocycles. The van der Waals surface area contributed by atoms with Crippen LogP contribution in [0.5, 0.6) is 11.5 Å². The van der Waals surface area contributed by atoms with Crippen molar-refractivity contribution in [2.75, 3.05) is 33.4 Å². The average molecular weight is 524 g/mol. The molecular formula is C31H45N3O4. The molecule has 1 amide bonds. The lowest BCUT2D eigenvalue weighted by Crippen LogP contribution is -2.81. The number of carbonyl (C=O) groups is 1. The number of phenolic OH excluding ortho intramolecular Hbond substituents is 1. The number of benzene rings is 1. The molecule has 7 aliphatic rings. The van der Waals surface area contributed by atoms with Crippen LogP contribution in [0.1, 0.15) is 69.9 Å². The molecule has 0 aromatic heterocycles. The molecule has 5 aliphatic carbocycles. The quantitative estimate of drug-likeness (QED) is 0.484. The number of aromatic hydroxyl groups is 1. The van der Waals surface area contributed by atoms with Gasteiger partial charge in [0, 0.05) is 49.1 Å². The summed E-state index contributed by atoms with van der Waals surface area (Å²) in [6.07, 6.45) is 8.70. The standard InChI is InChI=1S/C31H45N3O4/c1-18(2)12-22(32)28(36)33-15-21-14-29-8-9-31(21,37-3)24-17-38-27-23(35)7-6-20-13-25(29)34(16-19-4-5-19)11-10-30(24,29)26(20)27/h6-7,18-19,21-22,24-25,35H,4-5,8-17,32H2,1-3H3,(H,33,36)/t21-,22?,24-,25?,29-,30?,31-/m1/s1. The second-order valence-corrected chi connectivity index (χ2v) is 13.9. The molecule has 2 heterocycles. The van der Waals surface area contributed by atoms with E-state index in [4.69, 9.17) is 15.2 Å². The average Bonchev–Trinajstić information content (AvgIpc) is 3.72. The van der Waals surface area contributed by atoms with Gasteiger partial charge in [-0.2, -0.15) is 0 Å². The second-order valence-electron chi connectivity index (χ2n) is 13.9. The maximum atomic E-state index is 13.0. The van der Waals surface area contributed by atoms with E-state index in [-0.39, 0.29) is 39.9 Å². The fourth-order valence-corrected chi connectivity index (χ4v) is 10.2. The van der Waals surface area contributed by atoms with Gasteiger partial charge in [0.05, 0.1) is 18.2 Å². The van der Waals surface area contributed by atoms with Gasteiger partial charge in [-0.25, -0.2) is 0 Å². The highest BCUT2D eigenvalue weighted by molar-refractivity contribution is 5.81. The Balaban J connectivity index is 1.30. The van der Waals surface area contributed by atoms with Crippen LogP contribution in [0.15, 0.2) is 12.1 Å². The van der Waals surface area contributed by atoms with Crippen molar-refractivity contribution in [2.45, 2.75) is 88.3 Å². The zero-order valence-electron chi connectivity index (χ0n) is 23.3. The SMILES string of the molecule is CO[C@]12CC[C@@]3(C[C@@H]1CNC(=O)C(N)CC(C)C)C1Cc4ccc(O)c5c4C3(CCN1CC1CC1)[C@H]2CO5. The number of methoxy groups -OCH3 is 1. The number of likely N-dealkylation sites (tertiary alicyclic amines) is 1. The number of piperidine rings is 1. The van der Waals surface area contributed by atoms with Crippen LogP contribution in [-0.2, 0) is 21.4 Å². The molecule has 4 saturated carbocycles.